The molecule has 0 saturated carbocycles. The Morgan fingerprint density at radius 2 is 1.91 bits per heavy atom. The quantitative estimate of drug-likeness (QED) is 0.715. The molecule has 8 heteroatoms. The van der Waals surface area contributed by atoms with Crippen LogP contribution in [0.25, 0.3) is 0 Å². The summed E-state index contributed by atoms with van der Waals surface area (Å²) in [5.41, 5.74) is -0.762. The number of halogens is 1. The van der Waals surface area contributed by atoms with Crippen molar-refractivity contribution in [3.8, 4) is 0 Å². The molecule has 2 aliphatic heterocycles. The first-order valence-electron chi connectivity index (χ1n) is 7.99. The van der Waals surface area contributed by atoms with Crippen molar-refractivity contribution in [1.82, 2.24) is 4.90 Å². The molecule has 1 unspecified atom stereocenters. The monoisotopic (exact) mass is 351 g/mol. The Labute approximate surface area is 137 Å². The van der Waals surface area contributed by atoms with E-state index in [0.717, 1.165) is 19.3 Å². The van der Waals surface area contributed by atoms with E-state index in [1.54, 1.807) is 20.8 Å². The topological polar surface area (TPSA) is 72.9 Å². The number of rotatable bonds is 2. The van der Waals surface area contributed by atoms with Gasteiger partial charge in [-0.2, -0.15) is 8.42 Å². The van der Waals surface area contributed by atoms with Crippen LogP contribution in [0.4, 0.5) is 8.68 Å². The van der Waals surface area contributed by atoms with Crippen molar-refractivity contribution in [2.24, 2.45) is 5.41 Å². The zero-order chi connectivity index (χ0) is 17.3. The van der Waals surface area contributed by atoms with Crippen molar-refractivity contribution in [2.45, 2.75) is 58.1 Å². The lowest BCUT2D eigenvalue weighted by atomic mass is 9.72. The summed E-state index contributed by atoms with van der Waals surface area (Å²) < 4.78 is 46.1. The van der Waals surface area contributed by atoms with E-state index >= 15 is 0 Å². The van der Waals surface area contributed by atoms with E-state index in [1.165, 1.54) is 4.90 Å². The maximum atomic E-state index is 13.2. The zero-order valence-electron chi connectivity index (χ0n) is 14.0. The molecule has 0 aromatic rings. The van der Waals surface area contributed by atoms with Crippen LogP contribution < -0.4 is 0 Å². The molecule has 0 aromatic heterocycles. The lowest BCUT2D eigenvalue weighted by Crippen LogP contribution is -2.55. The van der Waals surface area contributed by atoms with Crippen LogP contribution in [0.3, 0.4) is 0 Å². The molecule has 1 atom stereocenters. The summed E-state index contributed by atoms with van der Waals surface area (Å²) in [6.07, 6.45) is 2.30. The Bertz CT molecular complexity index is 537. The van der Waals surface area contributed by atoms with Crippen LogP contribution in [0, 0.1) is 5.41 Å². The Morgan fingerprint density at radius 3 is 2.43 bits per heavy atom. The SMILES string of the molecule is CC(C)(C)OC(=O)N1CC2(CCOCC2)CCC1CS(=O)(=O)F. The predicted molar refractivity (Wildman–Crippen MR) is 83.3 cm³/mol. The van der Waals surface area contributed by atoms with Crippen molar-refractivity contribution in [1.29, 1.82) is 0 Å². The Balaban J connectivity index is 2.18. The molecule has 0 aromatic carbocycles. The average Bonchev–Trinajstić information content (AvgIpc) is 2.39. The Kier molecular flexibility index (Phi) is 5.25. The fourth-order valence-electron chi connectivity index (χ4n) is 3.35. The van der Waals surface area contributed by atoms with Gasteiger partial charge < -0.3 is 14.4 Å². The van der Waals surface area contributed by atoms with Crippen molar-refractivity contribution in [2.75, 3.05) is 25.5 Å². The van der Waals surface area contributed by atoms with Gasteiger partial charge in [0.2, 0.25) is 0 Å². The van der Waals surface area contributed by atoms with Gasteiger partial charge in [-0.15, -0.1) is 3.89 Å². The number of carbonyl (C=O) groups is 1. The van der Waals surface area contributed by atoms with Crippen LogP contribution in [-0.2, 0) is 19.7 Å². The molecule has 0 aliphatic carbocycles. The standard InChI is InChI=1S/C15H26FNO5S/c1-14(2,3)22-13(18)17-11-15(6-8-21-9-7-15)5-4-12(17)10-23(16,19)20/h12H,4-11H2,1-3H3. The molecule has 6 nitrogen and oxygen atoms in total. The fourth-order valence-corrected chi connectivity index (χ4v) is 4.15. The van der Waals surface area contributed by atoms with Crippen LogP contribution in [-0.4, -0.2) is 56.6 Å². The van der Waals surface area contributed by atoms with Crippen LogP contribution >= 0.6 is 0 Å². The van der Waals surface area contributed by atoms with E-state index in [0.29, 0.717) is 26.2 Å². The Morgan fingerprint density at radius 1 is 1.30 bits per heavy atom. The molecule has 134 valence electrons. The summed E-state index contributed by atoms with van der Waals surface area (Å²) in [5, 5.41) is 0. The number of amides is 1. The summed E-state index contributed by atoms with van der Waals surface area (Å²) in [5.74, 6) is -0.668. The highest BCUT2D eigenvalue weighted by atomic mass is 32.3. The molecular formula is C15H26FNO5S. The first kappa shape index (κ1) is 18.4. The maximum absolute atomic E-state index is 13.2. The number of carbonyl (C=O) groups excluding carboxylic acids is 1. The smallest absolute Gasteiger partial charge is 0.410 e. The number of hydrogen-bond acceptors (Lipinski definition) is 5. The van der Waals surface area contributed by atoms with Gasteiger partial charge in [0.05, 0.1) is 6.04 Å². The number of likely N-dealkylation sites (tertiary alicyclic amines) is 1. The second-order valence-corrected chi connectivity index (χ2v) is 9.03. The van der Waals surface area contributed by atoms with Crippen molar-refractivity contribution >= 4 is 16.3 Å². The summed E-state index contributed by atoms with van der Waals surface area (Å²) >= 11 is 0. The predicted octanol–water partition coefficient (Wildman–Crippen LogP) is 2.48. The van der Waals surface area contributed by atoms with E-state index in [9.17, 15) is 17.1 Å². The van der Waals surface area contributed by atoms with Crippen LogP contribution in [0.1, 0.15) is 46.5 Å². The molecule has 23 heavy (non-hydrogen) atoms. The van der Waals surface area contributed by atoms with E-state index in [2.05, 4.69) is 0 Å². The molecular weight excluding hydrogens is 325 g/mol. The van der Waals surface area contributed by atoms with Gasteiger partial charge in [0.25, 0.3) is 0 Å². The highest BCUT2D eigenvalue weighted by Crippen LogP contribution is 2.41. The first-order chi connectivity index (χ1) is 10.5. The van der Waals surface area contributed by atoms with Gasteiger partial charge in [-0.3, -0.25) is 0 Å². The minimum Gasteiger partial charge on any atom is -0.444 e. The number of hydrogen-bond donors (Lipinski definition) is 0. The van der Waals surface area contributed by atoms with Gasteiger partial charge in [0.1, 0.15) is 11.4 Å². The van der Waals surface area contributed by atoms with Crippen LogP contribution in [0.2, 0.25) is 0 Å². The van der Waals surface area contributed by atoms with E-state index in [-0.39, 0.29) is 5.41 Å². The number of piperidine rings is 1. The number of nitrogens with zero attached hydrogens (tertiary/aromatic N) is 1. The average molecular weight is 351 g/mol. The molecule has 2 saturated heterocycles. The number of ether oxygens (including phenoxy) is 2. The van der Waals surface area contributed by atoms with E-state index in [1.807, 2.05) is 0 Å². The molecule has 1 spiro atoms. The van der Waals surface area contributed by atoms with Crippen molar-refractivity contribution in [3.63, 3.8) is 0 Å². The van der Waals surface area contributed by atoms with Gasteiger partial charge >= 0.3 is 16.3 Å². The highest BCUT2D eigenvalue weighted by Gasteiger charge is 2.44. The van der Waals surface area contributed by atoms with Gasteiger partial charge in [-0.25, -0.2) is 4.79 Å². The van der Waals surface area contributed by atoms with Crippen LogP contribution in [0.5, 0.6) is 0 Å². The van der Waals surface area contributed by atoms with Gasteiger partial charge in [0, 0.05) is 19.8 Å². The minimum atomic E-state index is -4.65. The van der Waals surface area contributed by atoms with E-state index in [4.69, 9.17) is 9.47 Å². The Hall–Kier alpha value is -0.890. The third kappa shape index (κ3) is 5.31. The summed E-state index contributed by atoms with van der Waals surface area (Å²) in [7, 11) is -4.65. The normalized spacial score (nSPS) is 25.4. The fraction of sp³-hybridized carbons (Fsp3) is 0.933. The molecule has 2 fully saturated rings. The minimum absolute atomic E-state index is 0.0776. The maximum Gasteiger partial charge on any atom is 0.410 e. The molecule has 0 radical (unpaired) electrons. The van der Waals surface area contributed by atoms with Crippen LogP contribution in [0.15, 0.2) is 0 Å². The third-order valence-corrected chi connectivity index (χ3v) is 5.31. The van der Waals surface area contributed by atoms with Crippen molar-refractivity contribution < 1.29 is 26.6 Å². The zero-order valence-corrected chi connectivity index (χ0v) is 14.8. The molecule has 2 heterocycles. The largest absolute Gasteiger partial charge is 0.444 e. The molecule has 0 bridgehead atoms. The second-order valence-electron chi connectivity index (χ2n) is 7.62. The summed E-state index contributed by atoms with van der Waals surface area (Å²) in [6.45, 7) is 6.91. The second kappa shape index (κ2) is 6.55. The van der Waals surface area contributed by atoms with Gasteiger partial charge in [-0.05, 0) is 51.9 Å². The lowest BCUT2D eigenvalue weighted by Gasteiger charge is -2.48. The first-order valence-corrected chi connectivity index (χ1v) is 9.55. The molecule has 2 aliphatic rings. The van der Waals surface area contributed by atoms with Crippen molar-refractivity contribution in [3.05, 3.63) is 0 Å². The summed E-state index contributed by atoms with van der Waals surface area (Å²) in [6, 6.07) is -0.673. The highest BCUT2D eigenvalue weighted by molar-refractivity contribution is 7.86. The molecule has 1 amide bonds. The van der Waals surface area contributed by atoms with Gasteiger partial charge in [-0.1, -0.05) is 0 Å². The molecule has 2 rings (SSSR count). The van der Waals surface area contributed by atoms with Gasteiger partial charge in [0.15, 0.2) is 0 Å². The van der Waals surface area contributed by atoms with E-state index < -0.39 is 33.7 Å². The molecule has 0 N–H and O–H groups in total. The summed E-state index contributed by atoms with van der Waals surface area (Å²) in [4.78, 5) is 13.9. The lowest BCUT2D eigenvalue weighted by molar-refractivity contribution is -0.0500. The third-order valence-electron chi connectivity index (χ3n) is 4.53.